The number of carbonyl (C=O) groups is 1. The average Bonchev–Trinajstić information content (AvgIpc) is 2.80. The van der Waals surface area contributed by atoms with E-state index in [1.165, 1.54) is 18.2 Å². The van der Waals surface area contributed by atoms with Crippen LogP contribution in [0.1, 0.15) is 11.4 Å². The van der Waals surface area contributed by atoms with Crippen LogP contribution in [-0.2, 0) is 17.8 Å². The lowest BCUT2D eigenvalue weighted by molar-refractivity contribution is -0.121. The normalized spacial score (nSPS) is 10.3. The number of aromatic nitrogens is 2. The van der Waals surface area contributed by atoms with Crippen molar-refractivity contribution in [3.63, 3.8) is 0 Å². The molecule has 0 aliphatic carbocycles. The van der Waals surface area contributed by atoms with Crippen LogP contribution in [0.2, 0.25) is 0 Å². The number of rotatable bonds is 6. The maximum Gasteiger partial charge on any atom is 0.442 e. The van der Waals surface area contributed by atoms with Gasteiger partial charge in [0, 0.05) is 13.0 Å². The van der Waals surface area contributed by atoms with Gasteiger partial charge in [0.2, 0.25) is 5.91 Å². The number of nitrogens with zero attached hydrogens (tertiary/aromatic N) is 2. The van der Waals surface area contributed by atoms with E-state index in [1.54, 1.807) is 12.1 Å². The number of benzene rings is 1. The second kappa shape index (κ2) is 6.65. The zero-order chi connectivity index (χ0) is 15.2. The van der Waals surface area contributed by atoms with Crippen LogP contribution in [0.4, 0.5) is 4.39 Å². The van der Waals surface area contributed by atoms with E-state index in [9.17, 15) is 14.0 Å². The lowest BCUT2D eigenvalue weighted by Crippen LogP contribution is -2.31. The van der Waals surface area contributed by atoms with E-state index in [1.807, 2.05) is 0 Å². The molecule has 0 spiro atoms. The van der Waals surface area contributed by atoms with Gasteiger partial charge in [0.05, 0.1) is 0 Å². The Labute approximate surface area is 119 Å². The van der Waals surface area contributed by atoms with Crippen molar-refractivity contribution in [1.82, 2.24) is 15.0 Å². The minimum Gasteiger partial charge on any atom is -0.351 e. The van der Waals surface area contributed by atoms with Crippen LogP contribution in [0, 0.1) is 5.82 Å². The smallest absolute Gasteiger partial charge is 0.351 e. The van der Waals surface area contributed by atoms with Crippen LogP contribution in [-0.4, -0.2) is 22.2 Å². The van der Waals surface area contributed by atoms with E-state index in [0.717, 1.165) is 10.1 Å². The predicted molar refractivity (Wildman–Crippen MR) is 73.2 cm³/mol. The molecule has 1 N–H and O–H groups in total. The van der Waals surface area contributed by atoms with Crippen LogP contribution >= 0.6 is 0 Å². The molecule has 0 unspecified atom stereocenters. The second-order valence-electron chi connectivity index (χ2n) is 4.35. The maximum atomic E-state index is 12.8. The summed E-state index contributed by atoms with van der Waals surface area (Å²) >= 11 is 0. The zero-order valence-corrected chi connectivity index (χ0v) is 11.2. The van der Waals surface area contributed by atoms with Gasteiger partial charge < -0.3 is 5.32 Å². The lowest BCUT2D eigenvalue weighted by atomic mass is 10.1. The summed E-state index contributed by atoms with van der Waals surface area (Å²) in [6, 6.07) is 5.79. The van der Waals surface area contributed by atoms with Gasteiger partial charge >= 0.3 is 5.76 Å². The molecule has 21 heavy (non-hydrogen) atoms. The SMILES string of the molecule is C=CCNC(=O)Cn1c(Cc2ccc(F)cc2)noc1=O. The quantitative estimate of drug-likeness (QED) is 0.801. The number of amides is 1. The Kier molecular flexibility index (Phi) is 4.65. The Morgan fingerprint density at radius 2 is 2.14 bits per heavy atom. The van der Waals surface area contributed by atoms with Gasteiger partial charge in [-0.1, -0.05) is 23.4 Å². The molecule has 0 radical (unpaired) electrons. The Morgan fingerprint density at radius 1 is 1.43 bits per heavy atom. The van der Waals surface area contributed by atoms with Gasteiger partial charge in [-0.2, -0.15) is 0 Å². The highest BCUT2D eigenvalue weighted by Gasteiger charge is 2.14. The van der Waals surface area contributed by atoms with Crippen molar-refractivity contribution in [2.75, 3.05) is 6.54 Å². The fraction of sp³-hybridized carbons (Fsp3) is 0.214. The summed E-state index contributed by atoms with van der Waals surface area (Å²) < 4.78 is 18.6. The molecule has 0 aliphatic rings. The first-order valence-corrected chi connectivity index (χ1v) is 6.27. The monoisotopic (exact) mass is 291 g/mol. The topological polar surface area (TPSA) is 77.1 Å². The molecule has 1 aromatic carbocycles. The third-order valence-corrected chi connectivity index (χ3v) is 2.78. The average molecular weight is 291 g/mol. The summed E-state index contributed by atoms with van der Waals surface area (Å²) in [7, 11) is 0. The molecule has 110 valence electrons. The largest absolute Gasteiger partial charge is 0.442 e. The Balaban J connectivity index is 2.14. The highest BCUT2D eigenvalue weighted by atomic mass is 19.1. The Bertz CT molecular complexity index is 688. The van der Waals surface area contributed by atoms with Gasteiger partial charge in [0.25, 0.3) is 0 Å². The summed E-state index contributed by atoms with van der Waals surface area (Å²) in [4.78, 5) is 23.2. The molecule has 2 aromatic rings. The summed E-state index contributed by atoms with van der Waals surface area (Å²) in [6.07, 6.45) is 1.80. The minimum atomic E-state index is -0.708. The van der Waals surface area contributed by atoms with Crippen LogP contribution in [0.15, 0.2) is 46.2 Å². The summed E-state index contributed by atoms with van der Waals surface area (Å²) in [6.45, 7) is 3.61. The van der Waals surface area contributed by atoms with Crippen LogP contribution in [0.5, 0.6) is 0 Å². The van der Waals surface area contributed by atoms with Gasteiger partial charge in [0.1, 0.15) is 12.4 Å². The van der Waals surface area contributed by atoms with Crippen LogP contribution in [0.3, 0.4) is 0 Å². The van der Waals surface area contributed by atoms with E-state index < -0.39 is 5.76 Å². The Morgan fingerprint density at radius 3 is 2.81 bits per heavy atom. The van der Waals surface area contributed by atoms with Gasteiger partial charge in [-0.25, -0.2) is 9.18 Å². The lowest BCUT2D eigenvalue weighted by Gasteiger charge is -2.05. The molecule has 0 saturated heterocycles. The number of carbonyl (C=O) groups excluding carboxylic acids is 1. The third kappa shape index (κ3) is 3.88. The number of hydrogen-bond acceptors (Lipinski definition) is 4. The molecule has 0 bridgehead atoms. The van der Waals surface area contributed by atoms with Crippen molar-refractivity contribution in [1.29, 1.82) is 0 Å². The molecule has 7 heteroatoms. The third-order valence-electron chi connectivity index (χ3n) is 2.78. The molecule has 0 aliphatic heterocycles. The van der Waals surface area contributed by atoms with Crippen molar-refractivity contribution in [3.8, 4) is 0 Å². The minimum absolute atomic E-state index is 0.188. The van der Waals surface area contributed by atoms with Gasteiger partial charge in [0.15, 0.2) is 5.82 Å². The van der Waals surface area contributed by atoms with E-state index in [-0.39, 0.29) is 24.7 Å². The van der Waals surface area contributed by atoms with E-state index in [0.29, 0.717) is 12.4 Å². The molecule has 1 aromatic heterocycles. The van der Waals surface area contributed by atoms with Gasteiger partial charge in [-0.15, -0.1) is 6.58 Å². The first-order valence-electron chi connectivity index (χ1n) is 6.27. The fourth-order valence-corrected chi connectivity index (χ4v) is 1.75. The van der Waals surface area contributed by atoms with Crippen LogP contribution in [0.25, 0.3) is 0 Å². The van der Waals surface area contributed by atoms with E-state index in [2.05, 4.69) is 21.6 Å². The molecule has 0 saturated carbocycles. The molecule has 0 atom stereocenters. The zero-order valence-electron chi connectivity index (χ0n) is 11.2. The first-order chi connectivity index (χ1) is 10.1. The maximum absolute atomic E-state index is 12.8. The second-order valence-corrected chi connectivity index (χ2v) is 4.35. The molecule has 2 rings (SSSR count). The summed E-state index contributed by atoms with van der Waals surface area (Å²) in [5.41, 5.74) is 0.755. The van der Waals surface area contributed by atoms with Crippen molar-refractivity contribution in [2.24, 2.45) is 0 Å². The van der Waals surface area contributed by atoms with Crippen molar-refractivity contribution in [2.45, 2.75) is 13.0 Å². The molecular formula is C14H14FN3O3. The molecule has 1 heterocycles. The van der Waals surface area contributed by atoms with E-state index in [4.69, 9.17) is 0 Å². The van der Waals surface area contributed by atoms with Crippen molar-refractivity contribution >= 4 is 5.91 Å². The molecule has 0 fully saturated rings. The van der Waals surface area contributed by atoms with Gasteiger partial charge in [-0.05, 0) is 17.7 Å². The summed E-state index contributed by atoms with van der Waals surface area (Å²) in [5, 5.41) is 6.21. The highest BCUT2D eigenvalue weighted by molar-refractivity contribution is 5.75. The number of hydrogen-bond donors (Lipinski definition) is 1. The first kappa shape index (κ1) is 14.7. The van der Waals surface area contributed by atoms with Gasteiger partial charge in [-0.3, -0.25) is 13.9 Å². The van der Waals surface area contributed by atoms with E-state index >= 15 is 0 Å². The molecule has 1 amide bonds. The molecule has 6 nitrogen and oxygen atoms in total. The van der Waals surface area contributed by atoms with Crippen molar-refractivity contribution < 1.29 is 13.7 Å². The van der Waals surface area contributed by atoms with Crippen LogP contribution < -0.4 is 11.1 Å². The predicted octanol–water partition coefficient (Wildman–Crippen LogP) is 0.868. The number of nitrogens with one attached hydrogen (secondary N) is 1. The number of halogens is 1. The Hall–Kier alpha value is -2.70. The highest BCUT2D eigenvalue weighted by Crippen LogP contribution is 2.08. The fourth-order valence-electron chi connectivity index (χ4n) is 1.75. The summed E-state index contributed by atoms with van der Waals surface area (Å²) in [5.74, 6) is -1.10. The standard InChI is InChI=1S/C14H14FN3O3/c1-2-7-16-13(19)9-18-12(17-21-14(18)20)8-10-3-5-11(15)6-4-10/h2-6H,1,7-9H2,(H,16,19). The van der Waals surface area contributed by atoms with Crippen molar-refractivity contribution in [3.05, 3.63) is 64.7 Å². The molecular weight excluding hydrogens is 277 g/mol.